The van der Waals surface area contributed by atoms with E-state index in [1.807, 2.05) is 0 Å². The lowest BCUT2D eigenvalue weighted by Gasteiger charge is -2.14. The molecule has 2 heterocycles. The van der Waals surface area contributed by atoms with Crippen molar-refractivity contribution in [2.24, 2.45) is 0 Å². The quantitative estimate of drug-likeness (QED) is 0.769. The fraction of sp³-hybridized carbons (Fsp3) is 0.167. The number of hydrogen-bond acceptors (Lipinski definition) is 5. The van der Waals surface area contributed by atoms with Crippen molar-refractivity contribution in [3.8, 4) is 0 Å². The van der Waals surface area contributed by atoms with Gasteiger partial charge in [0, 0.05) is 10.9 Å². The molecule has 1 amide bonds. The van der Waals surface area contributed by atoms with Crippen molar-refractivity contribution < 1.29 is 14.7 Å². The highest BCUT2D eigenvalue weighted by Gasteiger charge is 2.21. The molecule has 2 aromatic rings. The molecular weight excluding hydrogens is 318 g/mol. The molecule has 0 radical (unpaired) electrons. The van der Waals surface area contributed by atoms with Gasteiger partial charge < -0.3 is 10.4 Å². The molecule has 7 nitrogen and oxygen atoms in total. The number of carboxylic acids is 1. The van der Waals surface area contributed by atoms with Crippen LogP contribution in [0.15, 0.2) is 29.1 Å². The molecular formula is C12H10ClN3O4S. The first-order chi connectivity index (χ1) is 9.95. The molecule has 9 heteroatoms. The van der Waals surface area contributed by atoms with Crippen molar-refractivity contribution in [3.63, 3.8) is 0 Å². The minimum atomic E-state index is -1.06. The first kappa shape index (κ1) is 15.2. The average molecular weight is 328 g/mol. The van der Waals surface area contributed by atoms with E-state index in [4.69, 9.17) is 16.7 Å². The number of hydrogen-bond donors (Lipinski definition) is 3. The van der Waals surface area contributed by atoms with Crippen LogP contribution in [0.1, 0.15) is 27.8 Å². The van der Waals surface area contributed by atoms with Crippen LogP contribution in [-0.4, -0.2) is 27.2 Å². The molecule has 3 N–H and O–H groups in total. The predicted molar refractivity (Wildman–Crippen MR) is 76.6 cm³/mol. The monoisotopic (exact) mass is 327 g/mol. The molecule has 2 rings (SSSR count). The number of carbonyl (C=O) groups is 2. The van der Waals surface area contributed by atoms with Crippen LogP contribution >= 0.6 is 22.9 Å². The molecule has 0 aliphatic carbocycles. The Hall–Kier alpha value is -2.19. The number of thiophene rings is 1. The predicted octanol–water partition coefficient (Wildman–Crippen LogP) is 1.43. The fourth-order valence-electron chi connectivity index (χ4n) is 1.62. The minimum Gasteiger partial charge on any atom is -0.481 e. The molecule has 0 aliphatic heterocycles. The Labute approximate surface area is 127 Å². The lowest BCUT2D eigenvalue weighted by Crippen LogP contribution is -2.31. The van der Waals surface area contributed by atoms with Crippen LogP contribution in [0.3, 0.4) is 0 Å². The molecule has 0 bridgehead atoms. The number of aromatic nitrogens is 2. The maximum absolute atomic E-state index is 12.0. The summed E-state index contributed by atoms with van der Waals surface area (Å²) in [5, 5.41) is 17.2. The van der Waals surface area contributed by atoms with Gasteiger partial charge in [-0.3, -0.25) is 14.4 Å². The van der Waals surface area contributed by atoms with Crippen LogP contribution in [0.2, 0.25) is 4.34 Å². The van der Waals surface area contributed by atoms with Crippen molar-refractivity contribution >= 4 is 34.8 Å². The number of aliphatic carboxylic acids is 1. The summed E-state index contributed by atoms with van der Waals surface area (Å²) in [4.78, 5) is 34.4. The Morgan fingerprint density at radius 2 is 2.14 bits per heavy atom. The second kappa shape index (κ2) is 6.51. The van der Waals surface area contributed by atoms with Gasteiger partial charge in [0.15, 0.2) is 0 Å². The summed E-state index contributed by atoms with van der Waals surface area (Å²) in [6.45, 7) is 0. The van der Waals surface area contributed by atoms with Gasteiger partial charge in [0.05, 0.1) is 16.8 Å². The highest BCUT2D eigenvalue weighted by atomic mass is 35.5. The van der Waals surface area contributed by atoms with Gasteiger partial charge in [0.1, 0.15) is 5.69 Å². The Morgan fingerprint density at radius 3 is 2.67 bits per heavy atom. The minimum absolute atomic E-state index is 0.00681. The third kappa shape index (κ3) is 4.14. The Kier molecular flexibility index (Phi) is 4.71. The molecule has 0 spiro atoms. The van der Waals surface area contributed by atoms with E-state index in [0.717, 1.165) is 6.07 Å². The summed E-state index contributed by atoms with van der Waals surface area (Å²) < 4.78 is 0.497. The summed E-state index contributed by atoms with van der Waals surface area (Å²) in [5.41, 5.74) is -0.439. The number of aromatic amines is 1. The number of rotatable bonds is 5. The van der Waals surface area contributed by atoms with E-state index in [2.05, 4.69) is 15.5 Å². The largest absolute Gasteiger partial charge is 0.481 e. The maximum atomic E-state index is 12.0. The number of nitrogens with zero attached hydrogens (tertiary/aromatic N) is 1. The third-order valence-electron chi connectivity index (χ3n) is 2.53. The SMILES string of the molecule is O=C(O)CC(NC(=O)c1ccc(=O)[nH]n1)c1ccc(Cl)s1. The lowest BCUT2D eigenvalue weighted by atomic mass is 10.1. The topological polar surface area (TPSA) is 112 Å². The number of amides is 1. The molecule has 0 aliphatic rings. The zero-order chi connectivity index (χ0) is 15.4. The fourth-order valence-corrected chi connectivity index (χ4v) is 2.73. The molecule has 1 unspecified atom stereocenters. The zero-order valence-corrected chi connectivity index (χ0v) is 12.1. The Morgan fingerprint density at radius 1 is 1.38 bits per heavy atom. The van der Waals surface area contributed by atoms with Gasteiger partial charge in [-0.2, -0.15) is 5.10 Å². The van der Waals surface area contributed by atoms with Crippen LogP contribution in [-0.2, 0) is 4.79 Å². The second-order valence-electron chi connectivity index (χ2n) is 4.07. The molecule has 2 aromatic heterocycles. The van der Waals surface area contributed by atoms with E-state index in [9.17, 15) is 14.4 Å². The third-order valence-corrected chi connectivity index (χ3v) is 3.88. The highest BCUT2D eigenvalue weighted by Crippen LogP contribution is 2.28. The van der Waals surface area contributed by atoms with E-state index < -0.39 is 23.5 Å². The zero-order valence-electron chi connectivity index (χ0n) is 10.5. The van der Waals surface area contributed by atoms with E-state index in [1.54, 1.807) is 12.1 Å². The highest BCUT2D eigenvalue weighted by molar-refractivity contribution is 7.16. The summed E-state index contributed by atoms with van der Waals surface area (Å²) in [6.07, 6.45) is -0.286. The van der Waals surface area contributed by atoms with Crippen molar-refractivity contribution in [1.29, 1.82) is 0 Å². The standard InChI is InChI=1S/C12H10ClN3O4S/c13-9-3-2-8(21-9)7(5-11(18)19)14-12(20)6-1-4-10(17)16-15-6/h1-4,7H,5H2,(H,14,20)(H,16,17)(H,18,19). The second-order valence-corrected chi connectivity index (χ2v) is 5.82. The molecule has 0 saturated carbocycles. The smallest absolute Gasteiger partial charge is 0.305 e. The molecule has 21 heavy (non-hydrogen) atoms. The van der Waals surface area contributed by atoms with Crippen LogP contribution < -0.4 is 10.9 Å². The van der Waals surface area contributed by atoms with Crippen molar-refractivity contribution in [3.05, 3.63) is 49.5 Å². The Balaban J connectivity index is 2.18. The summed E-state index contributed by atoms with van der Waals surface area (Å²) >= 11 is 7.00. The number of carbonyl (C=O) groups excluding carboxylic acids is 1. The van der Waals surface area contributed by atoms with Crippen molar-refractivity contribution in [2.45, 2.75) is 12.5 Å². The first-order valence-corrected chi connectivity index (χ1v) is 6.99. The van der Waals surface area contributed by atoms with E-state index in [-0.39, 0.29) is 12.1 Å². The van der Waals surface area contributed by atoms with E-state index in [0.29, 0.717) is 9.21 Å². The lowest BCUT2D eigenvalue weighted by molar-refractivity contribution is -0.137. The molecule has 1 atom stereocenters. The van der Waals surface area contributed by atoms with Crippen molar-refractivity contribution in [2.75, 3.05) is 0 Å². The molecule has 0 aromatic carbocycles. The number of H-pyrrole nitrogens is 1. The summed E-state index contributed by atoms with van der Waals surface area (Å²) in [5.74, 6) is -1.64. The summed E-state index contributed by atoms with van der Waals surface area (Å²) in [6, 6.07) is 4.98. The van der Waals surface area contributed by atoms with Gasteiger partial charge in [0.25, 0.3) is 11.5 Å². The maximum Gasteiger partial charge on any atom is 0.305 e. The normalized spacial score (nSPS) is 11.9. The van der Waals surface area contributed by atoms with Gasteiger partial charge in [-0.15, -0.1) is 11.3 Å². The average Bonchev–Trinajstić information content (AvgIpc) is 2.85. The van der Waals surface area contributed by atoms with Crippen LogP contribution in [0.5, 0.6) is 0 Å². The van der Waals surface area contributed by atoms with Gasteiger partial charge >= 0.3 is 5.97 Å². The van der Waals surface area contributed by atoms with Crippen molar-refractivity contribution in [1.82, 2.24) is 15.5 Å². The first-order valence-electron chi connectivity index (χ1n) is 5.79. The van der Waals surface area contributed by atoms with Gasteiger partial charge in [-0.25, -0.2) is 5.10 Å². The van der Waals surface area contributed by atoms with Gasteiger partial charge in [0.2, 0.25) is 0 Å². The number of halogens is 1. The van der Waals surface area contributed by atoms with Gasteiger partial charge in [-0.1, -0.05) is 11.6 Å². The van der Waals surface area contributed by atoms with Crippen LogP contribution in [0, 0.1) is 0 Å². The summed E-state index contributed by atoms with van der Waals surface area (Å²) in [7, 11) is 0. The van der Waals surface area contributed by atoms with Crippen LogP contribution in [0.4, 0.5) is 0 Å². The molecule has 0 saturated heterocycles. The van der Waals surface area contributed by atoms with Gasteiger partial charge in [-0.05, 0) is 18.2 Å². The number of nitrogens with one attached hydrogen (secondary N) is 2. The van der Waals surface area contributed by atoms with E-state index in [1.165, 1.54) is 17.4 Å². The molecule has 110 valence electrons. The Bertz CT molecular complexity index is 707. The van der Waals surface area contributed by atoms with Crippen LogP contribution in [0.25, 0.3) is 0 Å². The molecule has 0 fully saturated rings. The number of carboxylic acid groups (broad SMARTS) is 1. The van der Waals surface area contributed by atoms with E-state index >= 15 is 0 Å².